The number of benzene rings is 2. The molecule has 2 aromatic carbocycles. The van der Waals surface area contributed by atoms with Crippen molar-refractivity contribution in [2.45, 2.75) is 19.7 Å². The lowest BCUT2D eigenvalue weighted by Crippen LogP contribution is -2.12. The van der Waals surface area contributed by atoms with E-state index in [1.165, 1.54) is 12.1 Å². The Labute approximate surface area is 187 Å². The second kappa shape index (κ2) is 12.5. The van der Waals surface area contributed by atoms with Crippen LogP contribution in [0.2, 0.25) is 5.02 Å². The SMILES string of the molecule is COc1cc(CNCc2cccnc2)ccc1OCc1ccc(F)cc1Cl.Cl.Cl. The number of hydrogen-bond donors (Lipinski definition) is 1. The fraction of sp³-hybridized carbons (Fsp3) is 0.190. The van der Waals surface area contributed by atoms with Crippen molar-refractivity contribution in [1.82, 2.24) is 10.3 Å². The molecular formula is C21H22Cl3FN2O2. The Bertz CT molecular complexity index is 898. The van der Waals surface area contributed by atoms with Crippen LogP contribution in [0.4, 0.5) is 4.39 Å². The van der Waals surface area contributed by atoms with Gasteiger partial charge in [0.1, 0.15) is 12.4 Å². The molecule has 3 aromatic rings. The summed E-state index contributed by atoms with van der Waals surface area (Å²) in [6, 6.07) is 13.9. The molecule has 0 aliphatic carbocycles. The third kappa shape index (κ3) is 7.37. The quantitative estimate of drug-likeness (QED) is 0.476. The highest BCUT2D eigenvalue weighted by Gasteiger charge is 2.08. The molecule has 8 heteroatoms. The predicted octanol–water partition coefficient (Wildman–Crippen LogP) is 5.60. The Balaban J connectivity index is 0.00000210. The monoisotopic (exact) mass is 458 g/mol. The van der Waals surface area contributed by atoms with Crippen molar-refractivity contribution in [3.63, 3.8) is 0 Å². The van der Waals surface area contributed by atoms with Gasteiger partial charge in [0.15, 0.2) is 11.5 Å². The van der Waals surface area contributed by atoms with Gasteiger partial charge in [0.2, 0.25) is 0 Å². The normalized spacial score (nSPS) is 9.90. The minimum atomic E-state index is -0.371. The van der Waals surface area contributed by atoms with E-state index >= 15 is 0 Å². The highest BCUT2D eigenvalue weighted by molar-refractivity contribution is 6.31. The lowest BCUT2D eigenvalue weighted by Gasteiger charge is -2.13. The van der Waals surface area contributed by atoms with Crippen LogP contribution in [-0.2, 0) is 19.7 Å². The standard InChI is InChI=1S/C21H20ClFN2O2.2ClH/c1-26-21-9-15(11-25-13-16-3-2-8-24-12-16)4-7-20(21)27-14-17-5-6-18(23)10-19(17)22;;/h2-10,12,25H,11,13-14H2,1H3;2*1H. The summed E-state index contributed by atoms with van der Waals surface area (Å²) >= 11 is 6.04. The zero-order valence-corrected chi connectivity index (χ0v) is 18.1. The molecule has 1 heterocycles. The summed E-state index contributed by atoms with van der Waals surface area (Å²) in [6.45, 7) is 1.65. The third-order valence-corrected chi connectivity index (χ3v) is 4.36. The van der Waals surface area contributed by atoms with Crippen LogP contribution < -0.4 is 14.8 Å². The summed E-state index contributed by atoms with van der Waals surface area (Å²) in [5.41, 5.74) is 2.91. The molecule has 3 rings (SSSR count). The van der Waals surface area contributed by atoms with Crippen LogP contribution in [0.25, 0.3) is 0 Å². The Morgan fingerprint density at radius 1 is 1.00 bits per heavy atom. The summed E-state index contributed by atoms with van der Waals surface area (Å²) in [4.78, 5) is 4.10. The van der Waals surface area contributed by atoms with E-state index < -0.39 is 0 Å². The van der Waals surface area contributed by atoms with E-state index in [-0.39, 0.29) is 37.2 Å². The molecule has 29 heavy (non-hydrogen) atoms. The van der Waals surface area contributed by atoms with Crippen molar-refractivity contribution < 1.29 is 13.9 Å². The van der Waals surface area contributed by atoms with Crippen LogP contribution in [0.5, 0.6) is 11.5 Å². The topological polar surface area (TPSA) is 43.4 Å². The van der Waals surface area contributed by atoms with Gasteiger partial charge in [-0.05, 0) is 41.5 Å². The van der Waals surface area contributed by atoms with E-state index in [0.29, 0.717) is 28.6 Å². The molecule has 0 aliphatic rings. The zero-order chi connectivity index (χ0) is 19.1. The van der Waals surface area contributed by atoms with Gasteiger partial charge >= 0.3 is 0 Å². The molecule has 4 nitrogen and oxygen atoms in total. The Morgan fingerprint density at radius 2 is 1.79 bits per heavy atom. The summed E-state index contributed by atoms with van der Waals surface area (Å²) in [7, 11) is 1.60. The maximum absolute atomic E-state index is 13.1. The van der Waals surface area contributed by atoms with E-state index in [0.717, 1.165) is 17.7 Å². The summed E-state index contributed by atoms with van der Waals surface area (Å²) < 4.78 is 24.4. The van der Waals surface area contributed by atoms with Gasteiger partial charge in [-0.3, -0.25) is 4.98 Å². The van der Waals surface area contributed by atoms with Crippen molar-refractivity contribution in [3.8, 4) is 11.5 Å². The van der Waals surface area contributed by atoms with Gasteiger partial charge in [0.05, 0.1) is 12.1 Å². The van der Waals surface area contributed by atoms with Gasteiger partial charge in [-0.1, -0.05) is 29.8 Å². The number of ether oxygens (including phenoxy) is 2. The predicted molar refractivity (Wildman–Crippen MR) is 118 cm³/mol. The first-order chi connectivity index (χ1) is 13.2. The number of aromatic nitrogens is 1. The lowest BCUT2D eigenvalue weighted by molar-refractivity contribution is 0.284. The molecular weight excluding hydrogens is 438 g/mol. The van der Waals surface area contributed by atoms with Gasteiger partial charge in [-0.25, -0.2) is 4.39 Å². The molecule has 156 valence electrons. The van der Waals surface area contributed by atoms with Crippen molar-refractivity contribution in [3.05, 3.63) is 88.5 Å². The van der Waals surface area contributed by atoms with Crippen molar-refractivity contribution in [1.29, 1.82) is 0 Å². The summed E-state index contributed by atoms with van der Waals surface area (Å²) in [6.07, 6.45) is 3.59. The average Bonchev–Trinajstić information content (AvgIpc) is 2.68. The molecule has 0 spiro atoms. The summed E-state index contributed by atoms with van der Waals surface area (Å²) in [5, 5.41) is 3.71. The molecule has 0 bridgehead atoms. The number of rotatable bonds is 8. The maximum Gasteiger partial charge on any atom is 0.161 e. The molecule has 0 amide bonds. The highest BCUT2D eigenvalue weighted by Crippen LogP contribution is 2.29. The van der Waals surface area contributed by atoms with Gasteiger partial charge in [-0.2, -0.15) is 0 Å². The minimum absolute atomic E-state index is 0. The van der Waals surface area contributed by atoms with Crippen LogP contribution in [-0.4, -0.2) is 12.1 Å². The lowest BCUT2D eigenvalue weighted by atomic mass is 10.2. The Kier molecular flexibility index (Phi) is 10.8. The number of pyridine rings is 1. The third-order valence-electron chi connectivity index (χ3n) is 4.01. The number of hydrogen-bond acceptors (Lipinski definition) is 4. The number of methoxy groups -OCH3 is 1. The molecule has 1 N–H and O–H groups in total. The molecule has 0 saturated heterocycles. The molecule has 0 fully saturated rings. The second-order valence-electron chi connectivity index (χ2n) is 5.97. The molecule has 0 radical (unpaired) electrons. The van der Waals surface area contributed by atoms with Crippen LogP contribution in [0.15, 0.2) is 60.9 Å². The van der Waals surface area contributed by atoms with E-state index in [1.54, 1.807) is 19.4 Å². The van der Waals surface area contributed by atoms with Crippen LogP contribution in [0.1, 0.15) is 16.7 Å². The van der Waals surface area contributed by atoms with E-state index in [9.17, 15) is 4.39 Å². The Morgan fingerprint density at radius 3 is 2.48 bits per heavy atom. The van der Waals surface area contributed by atoms with E-state index in [2.05, 4.69) is 10.3 Å². The van der Waals surface area contributed by atoms with Crippen LogP contribution in [0, 0.1) is 5.82 Å². The fourth-order valence-electron chi connectivity index (χ4n) is 2.59. The van der Waals surface area contributed by atoms with Gasteiger partial charge in [-0.15, -0.1) is 24.8 Å². The first kappa shape index (κ1) is 25.0. The molecule has 0 unspecified atom stereocenters. The molecule has 0 aliphatic heterocycles. The van der Waals surface area contributed by atoms with E-state index in [1.807, 2.05) is 36.5 Å². The van der Waals surface area contributed by atoms with Crippen molar-refractivity contribution >= 4 is 36.4 Å². The Hall–Kier alpha value is -2.05. The smallest absolute Gasteiger partial charge is 0.161 e. The first-order valence-electron chi connectivity index (χ1n) is 8.49. The number of nitrogens with zero attached hydrogens (tertiary/aromatic N) is 1. The largest absolute Gasteiger partial charge is 0.493 e. The van der Waals surface area contributed by atoms with Gasteiger partial charge in [0.25, 0.3) is 0 Å². The van der Waals surface area contributed by atoms with Crippen LogP contribution in [0.3, 0.4) is 0 Å². The summed E-state index contributed by atoms with van der Waals surface area (Å²) in [5.74, 6) is 0.868. The first-order valence-corrected chi connectivity index (χ1v) is 8.87. The van der Waals surface area contributed by atoms with E-state index in [4.69, 9.17) is 21.1 Å². The number of halogens is 4. The molecule has 0 saturated carbocycles. The zero-order valence-electron chi connectivity index (χ0n) is 15.7. The molecule has 0 atom stereocenters. The van der Waals surface area contributed by atoms with Crippen molar-refractivity contribution in [2.75, 3.05) is 7.11 Å². The second-order valence-corrected chi connectivity index (χ2v) is 6.38. The highest BCUT2D eigenvalue weighted by atomic mass is 35.5. The van der Waals surface area contributed by atoms with Gasteiger partial charge in [0, 0.05) is 31.0 Å². The molecule has 1 aromatic heterocycles. The minimum Gasteiger partial charge on any atom is -0.493 e. The fourth-order valence-corrected chi connectivity index (χ4v) is 2.81. The van der Waals surface area contributed by atoms with Crippen LogP contribution >= 0.6 is 36.4 Å². The van der Waals surface area contributed by atoms with Crippen molar-refractivity contribution in [2.24, 2.45) is 0 Å². The number of nitrogens with one attached hydrogen (secondary N) is 1. The average molecular weight is 460 g/mol. The maximum atomic E-state index is 13.1. The van der Waals surface area contributed by atoms with Gasteiger partial charge < -0.3 is 14.8 Å².